The first-order chi connectivity index (χ1) is 12.5. The average Bonchev–Trinajstić information content (AvgIpc) is 3.30. The fourth-order valence-electron chi connectivity index (χ4n) is 2.54. The summed E-state index contributed by atoms with van der Waals surface area (Å²) in [5, 5.41) is 1.85. The minimum atomic E-state index is -3.73. The number of benzene rings is 2. The summed E-state index contributed by atoms with van der Waals surface area (Å²) in [7, 11) is -3.73. The molecule has 0 radical (unpaired) electrons. The predicted molar refractivity (Wildman–Crippen MR) is 101 cm³/mol. The lowest BCUT2D eigenvalue weighted by Crippen LogP contribution is -2.13. The smallest absolute Gasteiger partial charge is 0.264 e. The van der Waals surface area contributed by atoms with Crippen LogP contribution in [0.4, 0.5) is 5.95 Å². The van der Waals surface area contributed by atoms with E-state index < -0.39 is 10.0 Å². The number of ketones is 1. The second-order valence-corrected chi connectivity index (χ2v) is 8.17. The number of imidazole rings is 1. The lowest BCUT2D eigenvalue weighted by molar-refractivity contribution is 0.104. The lowest BCUT2D eigenvalue weighted by Gasteiger charge is -2.04. The average molecular weight is 383 g/mol. The Kier molecular flexibility index (Phi) is 4.06. The Balaban J connectivity index is 1.65. The van der Waals surface area contributed by atoms with Crippen LogP contribution in [-0.4, -0.2) is 24.2 Å². The molecule has 0 bridgehead atoms. The van der Waals surface area contributed by atoms with Gasteiger partial charge in [-0.05, 0) is 41.8 Å². The molecule has 26 heavy (non-hydrogen) atoms. The van der Waals surface area contributed by atoms with E-state index in [0.717, 1.165) is 0 Å². The van der Waals surface area contributed by atoms with Gasteiger partial charge in [0.05, 0.1) is 20.8 Å². The number of carbonyl (C=O) groups excluding carboxylic acids is 1. The number of H-pyrrole nitrogens is 1. The number of rotatable bonds is 5. The molecule has 4 rings (SSSR count). The van der Waals surface area contributed by atoms with E-state index in [-0.39, 0.29) is 16.6 Å². The summed E-state index contributed by atoms with van der Waals surface area (Å²) in [5.74, 6) is 0.0208. The molecule has 0 aliphatic rings. The van der Waals surface area contributed by atoms with Gasteiger partial charge in [0.2, 0.25) is 11.7 Å². The SMILES string of the molecule is O=C(c1ccc2nc(NS(=O)(=O)c3ccccc3)[nH]c2c1)c1cccs1. The van der Waals surface area contributed by atoms with Crippen molar-refractivity contribution in [1.82, 2.24) is 9.97 Å². The van der Waals surface area contributed by atoms with Gasteiger partial charge in [-0.2, -0.15) is 0 Å². The molecule has 0 unspecified atom stereocenters. The van der Waals surface area contributed by atoms with Crippen molar-refractivity contribution in [2.75, 3.05) is 4.72 Å². The number of nitrogens with one attached hydrogen (secondary N) is 2. The van der Waals surface area contributed by atoms with Gasteiger partial charge in [-0.1, -0.05) is 24.3 Å². The topological polar surface area (TPSA) is 91.9 Å². The van der Waals surface area contributed by atoms with E-state index in [1.165, 1.54) is 23.5 Å². The summed E-state index contributed by atoms with van der Waals surface area (Å²) >= 11 is 1.37. The largest absolute Gasteiger partial charge is 0.323 e. The highest BCUT2D eigenvalue weighted by Crippen LogP contribution is 2.21. The quantitative estimate of drug-likeness (QED) is 0.515. The Morgan fingerprint density at radius 1 is 1.04 bits per heavy atom. The number of thiophene rings is 1. The predicted octanol–water partition coefficient (Wildman–Crippen LogP) is 3.66. The van der Waals surface area contributed by atoms with Crippen molar-refractivity contribution in [2.24, 2.45) is 0 Å². The molecule has 130 valence electrons. The van der Waals surface area contributed by atoms with Crippen LogP contribution < -0.4 is 4.72 Å². The highest BCUT2D eigenvalue weighted by Gasteiger charge is 2.17. The molecule has 2 aromatic heterocycles. The van der Waals surface area contributed by atoms with Crippen LogP contribution in [0.2, 0.25) is 0 Å². The summed E-state index contributed by atoms with van der Waals surface area (Å²) in [6.45, 7) is 0. The van der Waals surface area contributed by atoms with Crippen LogP contribution in [0.1, 0.15) is 15.2 Å². The highest BCUT2D eigenvalue weighted by atomic mass is 32.2. The zero-order valence-corrected chi connectivity index (χ0v) is 15.0. The Morgan fingerprint density at radius 3 is 2.58 bits per heavy atom. The summed E-state index contributed by atoms with van der Waals surface area (Å²) < 4.78 is 27.2. The number of fused-ring (bicyclic) bond motifs is 1. The monoisotopic (exact) mass is 383 g/mol. The minimum absolute atomic E-state index is 0.0806. The molecule has 0 amide bonds. The van der Waals surface area contributed by atoms with Gasteiger partial charge in [0, 0.05) is 5.56 Å². The molecule has 0 atom stereocenters. The maximum absolute atomic E-state index is 12.4. The molecular formula is C18H13N3O3S2. The number of carbonyl (C=O) groups is 1. The van der Waals surface area contributed by atoms with Crippen molar-refractivity contribution < 1.29 is 13.2 Å². The van der Waals surface area contributed by atoms with Crippen molar-refractivity contribution in [2.45, 2.75) is 4.90 Å². The van der Waals surface area contributed by atoms with Gasteiger partial charge in [-0.15, -0.1) is 11.3 Å². The van der Waals surface area contributed by atoms with E-state index in [0.29, 0.717) is 21.5 Å². The van der Waals surface area contributed by atoms with Crippen LogP contribution in [0.15, 0.2) is 70.9 Å². The number of anilines is 1. The number of hydrogen-bond acceptors (Lipinski definition) is 5. The molecular weight excluding hydrogens is 370 g/mol. The normalized spacial score (nSPS) is 11.5. The standard InChI is InChI=1S/C18H13N3O3S2/c22-17(16-7-4-10-25-16)12-8-9-14-15(11-12)20-18(19-14)21-26(23,24)13-5-2-1-3-6-13/h1-11H,(H2,19,20,21). The van der Waals surface area contributed by atoms with Crippen LogP contribution in [-0.2, 0) is 10.0 Å². The van der Waals surface area contributed by atoms with Crippen molar-refractivity contribution >= 4 is 44.1 Å². The number of nitrogens with zero attached hydrogens (tertiary/aromatic N) is 1. The maximum atomic E-state index is 12.4. The number of hydrogen-bond donors (Lipinski definition) is 2. The highest BCUT2D eigenvalue weighted by molar-refractivity contribution is 7.92. The van der Waals surface area contributed by atoms with Gasteiger partial charge in [0.1, 0.15) is 0 Å². The van der Waals surface area contributed by atoms with Crippen molar-refractivity contribution in [3.8, 4) is 0 Å². The Hall–Kier alpha value is -2.97. The Morgan fingerprint density at radius 2 is 1.85 bits per heavy atom. The lowest BCUT2D eigenvalue weighted by atomic mass is 10.1. The Bertz CT molecular complexity index is 1180. The van der Waals surface area contributed by atoms with Crippen LogP contribution in [0.25, 0.3) is 11.0 Å². The van der Waals surface area contributed by atoms with E-state index in [9.17, 15) is 13.2 Å². The molecule has 2 aromatic carbocycles. The summed E-state index contributed by atoms with van der Waals surface area (Å²) in [4.78, 5) is 20.4. The van der Waals surface area contributed by atoms with Crippen LogP contribution in [0.3, 0.4) is 0 Å². The molecule has 0 saturated carbocycles. The zero-order chi connectivity index (χ0) is 18.1. The molecule has 0 fully saturated rings. The summed E-state index contributed by atoms with van der Waals surface area (Å²) in [5.41, 5.74) is 1.66. The van der Waals surface area contributed by atoms with Gasteiger partial charge < -0.3 is 4.98 Å². The third-order valence-electron chi connectivity index (χ3n) is 3.77. The van der Waals surface area contributed by atoms with Gasteiger partial charge >= 0.3 is 0 Å². The first-order valence-electron chi connectivity index (χ1n) is 7.69. The maximum Gasteiger partial charge on any atom is 0.264 e. The molecule has 2 heterocycles. The molecule has 6 nitrogen and oxygen atoms in total. The molecule has 0 aliphatic carbocycles. The molecule has 0 spiro atoms. The van der Waals surface area contributed by atoms with E-state index in [1.54, 1.807) is 42.5 Å². The fourth-order valence-corrected chi connectivity index (χ4v) is 4.21. The third kappa shape index (κ3) is 3.12. The first kappa shape index (κ1) is 16.5. The third-order valence-corrected chi connectivity index (χ3v) is 6.00. The molecule has 0 saturated heterocycles. The summed E-state index contributed by atoms with van der Waals surface area (Å²) in [6, 6.07) is 16.7. The van der Waals surface area contributed by atoms with E-state index in [1.807, 2.05) is 11.4 Å². The van der Waals surface area contributed by atoms with Crippen molar-refractivity contribution in [1.29, 1.82) is 0 Å². The minimum Gasteiger partial charge on any atom is -0.323 e. The van der Waals surface area contributed by atoms with Gasteiger partial charge in [0.15, 0.2) is 0 Å². The van der Waals surface area contributed by atoms with Gasteiger partial charge in [0.25, 0.3) is 10.0 Å². The molecule has 4 aromatic rings. The van der Waals surface area contributed by atoms with Crippen LogP contribution in [0.5, 0.6) is 0 Å². The molecule has 8 heteroatoms. The second-order valence-electron chi connectivity index (χ2n) is 5.54. The van der Waals surface area contributed by atoms with E-state index in [2.05, 4.69) is 14.7 Å². The number of aromatic nitrogens is 2. The first-order valence-corrected chi connectivity index (χ1v) is 10.0. The van der Waals surface area contributed by atoms with Gasteiger partial charge in [-0.3, -0.25) is 4.79 Å². The van der Waals surface area contributed by atoms with Gasteiger partial charge in [-0.25, -0.2) is 18.1 Å². The van der Waals surface area contributed by atoms with E-state index >= 15 is 0 Å². The van der Waals surface area contributed by atoms with E-state index in [4.69, 9.17) is 0 Å². The van der Waals surface area contributed by atoms with Crippen molar-refractivity contribution in [3.63, 3.8) is 0 Å². The van der Waals surface area contributed by atoms with Crippen molar-refractivity contribution in [3.05, 3.63) is 76.5 Å². The molecule has 0 aliphatic heterocycles. The fraction of sp³-hybridized carbons (Fsp3) is 0. The molecule has 2 N–H and O–H groups in total. The Labute approximate surface area is 153 Å². The number of sulfonamides is 1. The van der Waals surface area contributed by atoms with Crippen LogP contribution in [0, 0.1) is 0 Å². The summed E-state index contributed by atoms with van der Waals surface area (Å²) in [6.07, 6.45) is 0. The van der Waals surface area contributed by atoms with Crippen LogP contribution >= 0.6 is 11.3 Å². The second kappa shape index (κ2) is 6.40. The zero-order valence-electron chi connectivity index (χ0n) is 13.3. The number of aromatic amines is 1.